The fourth-order valence-electron chi connectivity index (χ4n) is 1.11. The molecular weight excluding hydrogens is 135 g/mol. The molecule has 0 radical (unpaired) electrons. The molecule has 0 aromatic heterocycles. The molecule has 2 heteroatoms. The van der Waals surface area contributed by atoms with Gasteiger partial charge in [0, 0.05) is 6.42 Å². The number of benzene rings is 1. The van der Waals surface area contributed by atoms with E-state index in [9.17, 15) is 4.79 Å². The molecular formula is C9H11BO. The van der Waals surface area contributed by atoms with Gasteiger partial charge in [-0.3, -0.25) is 4.79 Å². The maximum Gasteiger partial charge on any atom is 0.139 e. The van der Waals surface area contributed by atoms with E-state index in [-0.39, 0.29) is 5.78 Å². The van der Waals surface area contributed by atoms with E-state index in [1.165, 1.54) is 5.46 Å². The molecule has 0 heterocycles. The van der Waals surface area contributed by atoms with Crippen LogP contribution in [0.5, 0.6) is 0 Å². The summed E-state index contributed by atoms with van der Waals surface area (Å²) < 4.78 is 0. The Balaban J connectivity index is 2.79. The molecule has 0 N–H and O–H groups in total. The van der Waals surface area contributed by atoms with Gasteiger partial charge in [0.25, 0.3) is 0 Å². The Morgan fingerprint density at radius 1 is 1.55 bits per heavy atom. The number of hydrogen-bond acceptors (Lipinski definition) is 1. The van der Waals surface area contributed by atoms with Gasteiger partial charge in [0.05, 0.1) is 0 Å². The molecule has 0 saturated carbocycles. The second-order valence-electron chi connectivity index (χ2n) is 2.87. The number of carbonyl (C=O) groups is 1. The van der Waals surface area contributed by atoms with E-state index in [0.29, 0.717) is 6.42 Å². The van der Waals surface area contributed by atoms with Crippen LogP contribution in [0.4, 0.5) is 0 Å². The molecule has 1 nitrogen and oxygen atoms in total. The lowest BCUT2D eigenvalue weighted by Crippen LogP contribution is -2.04. The van der Waals surface area contributed by atoms with Crippen LogP contribution in [0.1, 0.15) is 12.5 Å². The predicted molar refractivity (Wildman–Crippen MR) is 49.0 cm³/mol. The number of rotatable bonds is 2. The van der Waals surface area contributed by atoms with E-state index in [2.05, 4.69) is 0 Å². The van der Waals surface area contributed by atoms with Gasteiger partial charge in [0.1, 0.15) is 13.6 Å². The third-order valence-corrected chi connectivity index (χ3v) is 1.54. The minimum atomic E-state index is 0.218. The summed E-state index contributed by atoms with van der Waals surface area (Å²) in [4.78, 5) is 10.7. The Labute approximate surface area is 67.8 Å². The molecule has 0 aliphatic heterocycles. The van der Waals surface area contributed by atoms with Crippen molar-refractivity contribution in [3.63, 3.8) is 0 Å². The Morgan fingerprint density at radius 3 is 2.82 bits per heavy atom. The Hall–Kier alpha value is -1.05. The second kappa shape index (κ2) is 3.38. The molecule has 0 unspecified atom stereocenters. The van der Waals surface area contributed by atoms with Gasteiger partial charge >= 0.3 is 0 Å². The quantitative estimate of drug-likeness (QED) is 0.540. The summed E-state index contributed by atoms with van der Waals surface area (Å²) in [5.74, 6) is 0.218. The van der Waals surface area contributed by atoms with Gasteiger partial charge < -0.3 is 0 Å². The largest absolute Gasteiger partial charge is 0.300 e. The number of carbonyl (C=O) groups excluding carboxylic acids is 1. The minimum Gasteiger partial charge on any atom is -0.300 e. The highest BCUT2D eigenvalue weighted by Gasteiger charge is 1.95. The lowest BCUT2D eigenvalue weighted by atomic mass is 9.93. The van der Waals surface area contributed by atoms with Gasteiger partial charge in [0.2, 0.25) is 0 Å². The first-order valence-corrected chi connectivity index (χ1v) is 3.73. The summed E-state index contributed by atoms with van der Waals surface area (Å²) in [5, 5.41) is 0. The first kappa shape index (κ1) is 8.06. The van der Waals surface area contributed by atoms with Gasteiger partial charge in [-0.2, -0.15) is 0 Å². The maximum absolute atomic E-state index is 10.7. The molecule has 0 fully saturated rings. The van der Waals surface area contributed by atoms with Crippen LogP contribution in [-0.4, -0.2) is 13.6 Å². The van der Waals surface area contributed by atoms with Gasteiger partial charge in [0.15, 0.2) is 0 Å². The minimum absolute atomic E-state index is 0.218. The SMILES string of the molecule is Bc1cccc(CC(C)=O)c1. The summed E-state index contributed by atoms with van der Waals surface area (Å²) in [6.45, 7) is 1.61. The first-order chi connectivity index (χ1) is 5.18. The van der Waals surface area contributed by atoms with E-state index in [1.54, 1.807) is 6.92 Å². The van der Waals surface area contributed by atoms with Crippen LogP contribution in [0, 0.1) is 0 Å². The van der Waals surface area contributed by atoms with Crippen LogP contribution in [0.2, 0.25) is 0 Å². The zero-order valence-corrected chi connectivity index (χ0v) is 6.92. The fourth-order valence-corrected chi connectivity index (χ4v) is 1.11. The standard InChI is InChI=1S/C9H11BO/c1-7(11)5-8-3-2-4-9(10)6-8/h2-4,6H,5,10H2,1H3. The van der Waals surface area contributed by atoms with E-state index >= 15 is 0 Å². The van der Waals surface area contributed by atoms with E-state index in [4.69, 9.17) is 0 Å². The summed E-state index contributed by atoms with van der Waals surface area (Å²) in [5.41, 5.74) is 2.32. The summed E-state index contributed by atoms with van der Waals surface area (Å²) in [7, 11) is 2.03. The molecule has 1 rings (SSSR count). The molecule has 1 aromatic rings. The van der Waals surface area contributed by atoms with Gasteiger partial charge in [-0.05, 0) is 12.5 Å². The van der Waals surface area contributed by atoms with E-state index in [0.717, 1.165) is 5.56 Å². The van der Waals surface area contributed by atoms with Gasteiger partial charge in [-0.25, -0.2) is 0 Å². The second-order valence-corrected chi connectivity index (χ2v) is 2.87. The van der Waals surface area contributed by atoms with Gasteiger partial charge in [-0.1, -0.05) is 29.7 Å². The molecule has 0 bridgehead atoms. The van der Waals surface area contributed by atoms with Crippen LogP contribution < -0.4 is 5.46 Å². The predicted octanol–water partition coefficient (Wildman–Crippen LogP) is 0.0765. The lowest BCUT2D eigenvalue weighted by molar-refractivity contribution is -0.116. The normalized spacial score (nSPS) is 9.55. The smallest absolute Gasteiger partial charge is 0.139 e. The summed E-state index contributed by atoms with van der Waals surface area (Å²) in [6.07, 6.45) is 0.557. The summed E-state index contributed by atoms with van der Waals surface area (Å²) >= 11 is 0. The average Bonchev–Trinajstić information content (AvgIpc) is 1.85. The highest BCUT2D eigenvalue weighted by Crippen LogP contribution is 1.97. The van der Waals surface area contributed by atoms with Crippen LogP contribution in [-0.2, 0) is 11.2 Å². The van der Waals surface area contributed by atoms with Gasteiger partial charge in [-0.15, -0.1) is 0 Å². The molecule has 0 saturated heterocycles. The van der Waals surface area contributed by atoms with Crippen LogP contribution in [0.15, 0.2) is 24.3 Å². The van der Waals surface area contributed by atoms with Crippen molar-refractivity contribution in [3.8, 4) is 0 Å². The molecule has 11 heavy (non-hydrogen) atoms. The molecule has 0 spiro atoms. The van der Waals surface area contributed by atoms with Crippen molar-refractivity contribution in [1.82, 2.24) is 0 Å². The van der Waals surface area contributed by atoms with Crippen LogP contribution in [0.25, 0.3) is 0 Å². The van der Waals surface area contributed by atoms with Crippen molar-refractivity contribution in [2.45, 2.75) is 13.3 Å². The van der Waals surface area contributed by atoms with Crippen molar-refractivity contribution in [2.75, 3.05) is 0 Å². The maximum atomic E-state index is 10.7. The first-order valence-electron chi connectivity index (χ1n) is 3.73. The third-order valence-electron chi connectivity index (χ3n) is 1.54. The number of Topliss-reactive ketones (excluding diaryl/α,β-unsaturated/α-hetero) is 1. The molecule has 0 aliphatic rings. The van der Waals surface area contributed by atoms with Crippen molar-refractivity contribution in [1.29, 1.82) is 0 Å². The Kier molecular flexibility index (Phi) is 2.47. The number of hydrogen-bond donors (Lipinski definition) is 0. The average molecular weight is 146 g/mol. The zero-order chi connectivity index (χ0) is 8.27. The topological polar surface area (TPSA) is 17.1 Å². The van der Waals surface area contributed by atoms with Crippen molar-refractivity contribution >= 4 is 19.1 Å². The Bertz CT molecular complexity index is 268. The molecule has 0 aliphatic carbocycles. The monoisotopic (exact) mass is 146 g/mol. The van der Waals surface area contributed by atoms with Crippen LogP contribution >= 0.6 is 0 Å². The van der Waals surface area contributed by atoms with Crippen molar-refractivity contribution < 1.29 is 4.79 Å². The summed E-state index contributed by atoms with van der Waals surface area (Å²) in [6, 6.07) is 8.03. The van der Waals surface area contributed by atoms with Crippen LogP contribution in [0.3, 0.4) is 0 Å². The Morgan fingerprint density at radius 2 is 2.27 bits per heavy atom. The number of ketones is 1. The molecule has 0 amide bonds. The van der Waals surface area contributed by atoms with E-state index in [1.807, 2.05) is 32.1 Å². The molecule has 1 aromatic carbocycles. The fraction of sp³-hybridized carbons (Fsp3) is 0.222. The van der Waals surface area contributed by atoms with Crippen molar-refractivity contribution in [3.05, 3.63) is 29.8 Å². The lowest BCUT2D eigenvalue weighted by Gasteiger charge is -1.97. The molecule has 0 atom stereocenters. The third kappa shape index (κ3) is 2.58. The molecule has 56 valence electrons. The highest BCUT2D eigenvalue weighted by atomic mass is 16.1. The zero-order valence-electron chi connectivity index (χ0n) is 6.92. The van der Waals surface area contributed by atoms with Crippen molar-refractivity contribution in [2.24, 2.45) is 0 Å². The van der Waals surface area contributed by atoms with E-state index < -0.39 is 0 Å². The highest BCUT2D eigenvalue weighted by molar-refractivity contribution is 6.32.